The SMILES string of the molecule is CC1CC(C)CC(NC(=NCC(=O)N(C)C)NC2CCOc3ccccc32)C1.I. The van der Waals surface area contributed by atoms with Gasteiger partial charge in [-0.25, -0.2) is 4.99 Å². The summed E-state index contributed by atoms with van der Waals surface area (Å²) in [4.78, 5) is 18.3. The maximum absolute atomic E-state index is 12.1. The number of amides is 1. The zero-order valence-electron chi connectivity index (χ0n) is 18.0. The molecule has 1 fully saturated rings. The van der Waals surface area contributed by atoms with Crippen LogP contribution >= 0.6 is 24.0 Å². The Balaban J connectivity index is 0.00000300. The van der Waals surface area contributed by atoms with E-state index in [0.717, 1.165) is 36.5 Å². The van der Waals surface area contributed by atoms with E-state index in [4.69, 9.17) is 4.74 Å². The average molecular weight is 514 g/mol. The third-order valence-corrected chi connectivity index (χ3v) is 5.66. The van der Waals surface area contributed by atoms with E-state index in [1.165, 1.54) is 6.42 Å². The molecule has 6 nitrogen and oxygen atoms in total. The molecule has 1 aromatic carbocycles. The number of carbonyl (C=O) groups is 1. The zero-order chi connectivity index (χ0) is 20.1. The van der Waals surface area contributed by atoms with Gasteiger partial charge in [0.2, 0.25) is 5.91 Å². The number of nitrogens with zero attached hydrogens (tertiary/aromatic N) is 2. The number of halogens is 1. The second-order valence-corrected chi connectivity index (χ2v) is 8.58. The predicted molar refractivity (Wildman–Crippen MR) is 128 cm³/mol. The van der Waals surface area contributed by atoms with Crippen molar-refractivity contribution in [2.24, 2.45) is 16.8 Å². The van der Waals surface area contributed by atoms with Gasteiger partial charge in [-0.3, -0.25) is 4.79 Å². The van der Waals surface area contributed by atoms with E-state index in [9.17, 15) is 4.79 Å². The lowest BCUT2D eigenvalue weighted by molar-refractivity contribution is -0.127. The lowest BCUT2D eigenvalue weighted by Gasteiger charge is -2.34. The van der Waals surface area contributed by atoms with Gasteiger partial charge in [-0.15, -0.1) is 24.0 Å². The molecule has 1 aromatic rings. The molecule has 3 unspecified atom stereocenters. The van der Waals surface area contributed by atoms with Gasteiger partial charge in [0.1, 0.15) is 12.3 Å². The number of ether oxygens (including phenoxy) is 1. The molecule has 1 aliphatic carbocycles. The zero-order valence-corrected chi connectivity index (χ0v) is 20.3. The van der Waals surface area contributed by atoms with Crippen LogP contribution in [0.3, 0.4) is 0 Å². The van der Waals surface area contributed by atoms with Gasteiger partial charge in [0.15, 0.2) is 5.96 Å². The molecule has 1 amide bonds. The van der Waals surface area contributed by atoms with E-state index >= 15 is 0 Å². The standard InChI is InChI=1S/C22H34N4O2.HI/c1-15-11-16(2)13-17(12-15)24-22(23-14-21(27)26(3)4)25-19-9-10-28-20-8-6-5-7-18(19)20;/h5-8,15-17,19H,9-14H2,1-4H3,(H2,23,24,25);1H. The number of aliphatic imine (C=N–C) groups is 1. The van der Waals surface area contributed by atoms with Crippen molar-refractivity contribution in [2.75, 3.05) is 27.2 Å². The molecule has 29 heavy (non-hydrogen) atoms. The second kappa shape index (κ2) is 11.0. The molecule has 1 aliphatic heterocycles. The minimum atomic E-state index is -0.00106. The van der Waals surface area contributed by atoms with Crippen molar-refractivity contribution in [3.8, 4) is 5.75 Å². The molecule has 3 atom stereocenters. The number of hydrogen-bond acceptors (Lipinski definition) is 3. The highest BCUT2D eigenvalue weighted by Crippen LogP contribution is 2.32. The van der Waals surface area contributed by atoms with Crippen LogP contribution in [0.2, 0.25) is 0 Å². The quantitative estimate of drug-likeness (QED) is 0.367. The van der Waals surface area contributed by atoms with Crippen molar-refractivity contribution in [2.45, 2.75) is 51.6 Å². The fraction of sp³-hybridized carbons (Fsp3) is 0.636. The summed E-state index contributed by atoms with van der Waals surface area (Å²) in [5.41, 5.74) is 1.15. The summed E-state index contributed by atoms with van der Waals surface area (Å²) in [6.07, 6.45) is 4.43. The highest BCUT2D eigenvalue weighted by molar-refractivity contribution is 14.0. The van der Waals surface area contributed by atoms with E-state index in [1.807, 2.05) is 18.2 Å². The summed E-state index contributed by atoms with van der Waals surface area (Å²) in [5, 5.41) is 7.19. The van der Waals surface area contributed by atoms with Crippen LogP contribution in [-0.2, 0) is 4.79 Å². The molecule has 0 radical (unpaired) electrons. The smallest absolute Gasteiger partial charge is 0.243 e. The minimum absolute atomic E-state index is 0. The first-order valence-electron chi connectivity index (χ1n) is 10.4. The van der Waals surface area contributed by atoms with Gasteiger partial charge in [-0.2, -0.15) is 0 Å². The molecule has 162 valence electrons. The van der Waals surface area contributed by atoms with Crippen LogP contribution in [0.4, 0.5) is 0 Å². The normalized spacial score (nSPS) is 26.4. The summed E-state index contributed by atoms with van der Waals surface area (Å²) < 4.78 is 5.78. The predicted octanol–water partition coefficient (Wildman–Crippen LogP) is 3.58. The number of nitrogens with one attached hydrogen (secondary N) is 2. The third kappa shape index (κ3) is 6.76. The molecule has 0 bridgehead atoms. The van der Waals surface area contributed by atoms with Crippen molar-refractivity contribution >= 4 is 35.8 Å². The van der Waals surface area contributed by atoms with Crippen LogP contribution in [0.1, 0.15) is 51.1 Å². The molecule has 2 aliphatic rings. The Kier molecular flexibility index (Phi) is 9.04. The highest BCUT2D eigenvalue weighted by Gasteiger charge is 2.27. The number of guanidine groups is 1. The number of fused-ring (bicyclic) bond motifs is 1. The number of likely N-dealkylation sites (N-methyl/N-ethyl adjacent to an activating group) is 1. The number of hydrogen-bond donors (Lipinski definition) is 2. The Hall–Kier alpha value is -1.51. The van der Waals surface area contributed by atoms with Gasteiger partial charge >= 0.3 is 0 Å². The highest BCUT2D eigenvalue weighted by atomic mass is 127. The van der Waals surface area contributed by atoms with Crippen molar-refractivity contribution in [1.29, 1.82) is 0 Å². The molecule has 3 rings (SSSR count). The van der Waals surface area contributed by atoms with Gasteiger partial charge in [0.25, 0.3) is 0 Å². The van der Waals surface area contributed by atoms with Crippen LogP contribution in [0.25, 0.3) is 0 Å². The first-order valence-corrected chi connectivity index (χ1v) is 10.4. The third-order valence-electron chi connectivity index (χ3n) is 5.66. The summed E-state index contributed by atoms with van der Waals surface area (Å²) in [6.45, 7) is 5.46. The summed E-state index contributed by atoms with van der Waals surface area (Å²) in [7, 11) is 3.52. The molecule has 0 spiro atoms. The first-order chi connectivity index (χ1) is 13.4. The number of carbonyl (C=O) groups excluding carboxylic acids is 1. The topological polar surface area (TPSA) is 66.0 Å². The molecule has 7 heteroatoms. The molecule has 1 heterocycles. The van der Waals surface area contributed by atoms with Crippen LogP contribution < -0.4 is 15.4 Å². The van der Waals surface area contributed by atoms with Crippen molar-refractivity contribution in [3.05, 3.63) is 29.8 Å². The lowest BCUT2D eigenvalue weighted by atomic mass is 9.80. The van der Waals surface area contributed by atoms with E-state index < -0.39 is 0 Å². The van der Waals surface area contributed by atoms with E-state index in [1.54, 1.807) is 19.0 Å². The van der Waals surface area contributed by atoms with Gasteiger partial charge in [0, 0.05) is 32.1 Å². The largest absolute Gasteiger partial charge is 0.493 e. The molecule has 1 saturated carbocycles. The van der Waals surface area contributed by atoms with Crippen molar-refractivity contribution < 1.29 is 9.53 Å². The number of rotatable bonds is 4. The molecule has 2 N–H and O–H groups in total. The van der Waals surface area contributed by atoms with Crippen LogP contribution in [0, 0.1) is 11.8 Å². The van der Waals surface area contributed by atoms with Crippen molar-refractivity contribution in [3.63, 3.8) is 0 Å². The number of para-hydroxylation sites is 1. The molecule has 0 saturated heterocycles. The minimum Gasteiger partial charge on any atom is -0.493 e. The van der Waals surface area contributed by atoms with Crippen LogP contribution in [0.5, 0.6) is 5.75 Å². The number of benzene rings is 1. The Morgan fingerprint density at radius 1 is 1.14 bits per heavy atom. The fourth-order valence-corrected chi connectivity index (χ4v) is 4.34. The summed E-state index contributed by atoms with van der Waals surface area (Å²) >= 11 is 0. The van der Waals surface area contributed by atoms with Gasteiger partial charge < -0.3 is 20.3 Å². The van der Waals surface area contributed by atoms with Gasteiger partial charge in [-0.1, -0.05) is 32.0 Å². The monoisotopic (exact) mass is 514 g/mol. The Labute approximate surface area is 191 Å². The second-order valence-electron chi connectivity index (χ2n) is 8.58. The van der Waals surface area contributed by atoms with E-state index in [-0.39, 0.29) is 42.5 Å². The lowest BCUT2D eigenvalue weighted by Crippen LogP contribution is -2.48. The first kappa shape index (κ1) is 23.8. The van der Waals surface area contributed by atoms with E-state index in [2.05, 4.69) is 35.5 Å². The van der Waals surface area contributed by atoms with Gasteiger partial charge in [0.05, 0.1) is 12.6 Å². The summed E-state index contributed by atoms with van der Waals surface area (Å²) in [5.74, 6) is 3.06. The molecular formula is C22H35IN4O2. The average Bonchev–Trinajstić information content (AvgIpc) is 2.65. The maximum atomic E-state index is 12.1. The molecular weight excluding hydrogens is 479 g/mol. The Morgan fingerprint density at radius 3 is 2.52 bits per heavy atom. The summed E-state index contributed by atoms with van der Waals surface area (Å²) in [6, 6.07) is 8.65. The van der Waals surface area contributed by atoms with Crippen LogP contribution in [0.15, 0.2) is 29.3 Å². The van der Waals surface area contributed by atoms with Crippen LogP contribution in [-0.4, -0.2) is 50.1 Å². The van der Waals surface area contributed by atoms with E-state index in [0.29, 0.717) is 24.5 Å². The van der Waals surface area contributed by atoms with Crippen molar-refractivity contribution in [1.82, 2.24) is 15.5 Å². The Bertz CT molecular complexity index is 700. The molecule has 0 aromatic heterocycles. The maximum Gasteiger partial charge on any atom is 0.243 e. The van der Waals surface area contributed by atoms with Gasteiger partial charge in [-0.05, 0) is 37.2 Å². The fourth-order valence-electron chi connectivity index (χ4n) is 4.34. The Morgan fingerprint density at radius 2 is 1.83 bits per heavy atom.